The molecule has 1 aromatic heterocycles. The number of carbonyl (C=O) groups is 1. The summed E-state index contributed by atoms with van der Waals surface area (Å²) in [6.07, 6.45) is 0.137. The van der Waals surface area contributed by atoms with Crippen LogP contribution in [-0.2, 0) is 10.5 Å². The molecule has 0 bridgehead atoms. The minimum absolute atomic E-state index is 0.0967. The fourth-order valence-electron chi connectivity index (χ4n) is 3.17. The molecule has 6 nitrogen and oxygen atoms in total. The smallest absolute Gasteiger partial charge is 0.257 e. The Bertz CT molecular complexity index is 1050. The van der Waals surface area contributed by atoms with Gasteiger partial charge in [-0.25, -0.2) is 4.98 Å². The number of aromatic amines is 1. The van der Waals surface area contributed by atoms with Gasteiger partial charge in [0, 0.05) is 18.1 Å². The van der Waals surface area contributed by atoms with E-state index in [0.717, 1.165) is 5.56 Å². The number of carbonyl (C=O) groups excluding carboxylic acids is 1. The summed E-state index contributed by atoms with van der Waals surface area (Å²) >= 11 is 1.40. The summed E-state index contributed by atoms with van der Waals surface area (Å²) in [5, 5.41) is 12.9. The number of rotatable bonds is 4. The van der Waals surface area contributed by atoms with Crippen molar-refractivity contribution in [1.82, 2.24) is 9.97 Å². The Balaban J connectivity index is 1.67. The SMILES string of the molecule is O=C1CC(c2cccc(O)c2)c2c(nc(SCc3ccccc3)[nH]c2=O)N1. The number of aromatic nitrogens is 2. The van der Waals surface area contributed by atoms with Gasteiger partial charge in [-0.1, -0.05) is 54.2 Å². The van der Waals surface area contributed by atoms with E-state index in [4.69, 9.17) is 0 Å². The molecule has 1 aliphatic heterocycles. The summed E-state index contributed by atoms with van der Waals surface area (Å²) in [7, 11) is 0. The highest BCUT2D eigenvalue weighted by molar-refractivity contribution is 7.98. The molecule has 27 heavy (non-hydrogen) atoms. The Hall–Kier alpha value is -3.06. The largest absolute Gasteiger partial charge is 0.508 e. The normalized spacial score (nSPS) is 15.9. The van der Waals surface area contributed by atoms with Gasteiger partial charge in [0.1, 0.15) is 11.6 Å². The predicted molar refractivity (Wildman–Crippen MR) is 104 cm³/mol. The van der Waals surface area contributed by atoms with E-state index in [1.165, 1.54) is 11.8 Å². The third kappa shape index (κ3) is 3.73. The highest BCUT2D eigenvalue weighted by Crippen LogP contribution is 2.35. The first-order valence-electron chi connectivity index (χ1n) is 8.50. The van der Waals surface area contributed by atoms with Crippen molar-refractivity contribution < 1.29 is 9.90 Å². The maximum absolute atomic E-state index is 12.7. The van der Waals surface area contributed by atoms with Gasteiger partial charge in [0.2, 0.25) is 5.91 Å². The first-order valence-corrected chi connectivity index (χ1v) is 9.48. The third-order valence-corrected chi connectivity index (χ3v) is 5.36. The number of hydrogen-bond donors (Lipinski definition) is 3. The van der Waals surface area contributed by atoms with Gasteiger partial charge in [-0.2, -0.15) is 0 Å². The van der Waals surface area contributed by atoms with Gasteiger partial charge in [-0.15, -0.1) is 0 Å². The van der Waals surface area contributed by atoms with E-state index >= 15 is 0 Å². The Labute approximate surface area is 159 Å². The summed E-state index contributed by atoms with van der Waals surface area (Å²) < 4.78 is 0. The number of aromatic hydroxyl groups is 1. The monoisotopic (exact) mass is 379 g/mol. The molecule has 2 heterocycles. The molecular formula is C20H17N3O3S. The van der Waals surface area contributed by atoms with Crippen LogP contribution in [0.4, 0.5) is 5.82 Å². The van der Waals surface area contributed by atoms with Crippen LogP contribution in [0.25, 0.3) is 0 Å². The molecule has 0 spiro atoms. The summed E-state index contributed by atoms with van der Waals surface area (Å²) in [5.74, 6) is 0.406. The van der Waals surface area contributed by atoms with E-state index in [1.807, 2.05) is 30.3 Å². The van der Waals surface area contributed by atoms with Crippen LogP contribution in [0.2, 0.25) is 0 Å². The number of nitrogens with zero attached hydrogens (tertiary/aromatic N) is 1. The van der Waals surface area contributed by atoms with Crippen LogP contribution in [0.15, 0.2) is 64.5 Å². The molecule has 1 atom stereocenters. The summed E-state index contributed by atoms with van der Waals surface area (Å²) in [4.78, 5) is 32.2. The van der Waals surface area contributed by atoms with Crippen LogP contribution in [-0.4, -0.2) is 21.0 Å². The number of thioether (sulfide) groups is 1. The van der Waals surface area contributed by atoms with Crippen molar-refractivity contribution in [2.75, 3.05) is 5.32 Å². The average Bonchev–Trinajstić information content (AvgIpc) is 2.66. The van der Waals surface area contributed by atoms with Crippen LogP contribution in [0, 0.1) is 0 Å². The molecular weight excluding hydrogens is 362 g/mol. The summed E-state index contributed by atoms with van der Waals surface area (Å²) in [6.45, 7) is 0. The molecule has 1 amide bonds. The maximum Gasteiger partial charge on any atom is 0.257 e. The molecule has 1 aliphatic rings. The number of fused-ring (bicyclic) bond motifs is 1. The van der Waals surface area contributed by atoms with Gasteiger partial charge in [0.15, 0.2) is 5.16 Å². The van der Waals surface area contributed by atoms with Gasteiger partial charge < -0.3 is 15.4 Å². The predicted octanol–water partition coefficient (Wildman–Crippen LogP) is 3.24. The van der Waals surface area contributed by atoms with Crippen molar-refractivity contribution in [2.45, 2.75) is 23.2 Å². The lowest BCUT2D eigenvalue weighted by Gasteiger charge is -2.24. The first kappa shape index (κ1) is 17.4. The van der Waals surface area contributed by atoms with Crippen LogP contribution >= 0.6 is 11.8 Å². The number of anilines is 1. The lowest BCUT2D eigenvalue weighted by atomic mass is 9.87. The molecule has 0 fully saturated rings. The molecule has 4 rings (SSSR count). The van der Waals surface area contributed by atoms with E-state index in [-0.39, 0.29) is 23.6 Å². The van der Waals surface area contributed by atoms with Gasteiger partial charge in [0.25, 0.3) is 5.56 Å². The van der Waals surface area contributed by atoms with Crippen molar-refractivity contribution >= 4 is 23.5 Å². The molecule has 0 saturated heterocycles. The van der Waals surface area contributed by atoms with Crippen molar-refractivity contribution in [3.63, 3.8) is 0 Å². The van der Waals surface area contributed by atoms with E-state index in [1.54, 1.807) is 24.3 Å². The van der Waals surface area contributed by atoms with Crippen molar-refractivity contribution in [1.29, 1.82) is 0 Å². The number of nitrogens with one attached hydrogen (secondary N) is 2. The molecule has 3 aromatic rings. The minimum atomic E-state index is -0.440. The number of phenols is 1. The third-order valence-electron chi connectivity index (χ3n) is 4.42. The lowest BCUT2D eigenvalue weighted by Crippen LogP contribution is -2.31. The van der Waals surface area contributed by atoms with E-state index in [0.29, 0.717) is 27.9 Å². The first-order chi connectivity index (χ1) is 13.1. The molecule has 0 radical (unpaired) electrons. The van der Waals surface area contributed by atoms with E-state index < -0.39 is 5.92 Å². The van der Waals surface area contributed by atoms with Crippen molar-refractivity contribution in [3.05, 3.63) is 81.6 Å². The van der Waals surface area contributed by atoms with Crippen LogP contribution in [0.1, 0.15) is 29.0 Å². The lowest BCUT2D eigenvalue weighted by molar-refractivity contribution is -0.116. The van der Waals surface area contributed by atoms with Gasteiger partial charge in [-0.05, 0) is 23.3 Å². The number of amides is 1. The topological polar surface area (TPSA) is 95.1 Å². The Kier molecular flexibility index (Phi) is 4.68. The second kappa shape index (κ2) is 7.28. The number of H-pyrrole nitrogens is 1. The molecule has 0 aliphatic carbocycles. The molecule has 0 saturated carbocycles. The molecule has 2 aromatic carbocycles. The van der Waals surface area contributed by atoms with Gasteiger partial charge in [0.05, 0.1) is 5.56 Å². The second-order valence-electron chi connectivity index (χ2n) is 6.31. The van der Waals surface area contributed by atoms with Crippen molar-refractivity contribution in [3.8, 4) is 5.75 Å². The average molecular weight is 379 g/mol. The molecule has 7 heteroatoms. The van der Waals surface area contributed by atoms with Gasteiger partial charge in [-0.3, -0.25) is 9.59 Å². The quantitative estimate of drug-likeness (QED) is 0.478. The maximum atomic E-state index is 12.7. The fourth-order valence-corrected chi connectivity index (χ4v) is 3.99. The Morgan fingerprint density at radius 2 is 1.93 bits per heavy atom. The van der Waals surface area contributed by atoms with Crippen LogP contribution in [0.5, 0.6) is 5.75 Å². The summed E-state index contributed by atoms with van der Waals surface area (Å²) in [6, 6.07) is 16.5. The zero-order valence-electron chi connectivity index (χ0n) is 14.3. The van der Waals surface area contributed by atoms with Gasteiger partial charge >= 0.3 is 0 Å². The zero-order chi connectivity index (χ0) is 18.8. The number of hydrogen-bond acceptors (Lipinski definition) is 5. The minimum Gasteiger partial charge on any atom is -0.508 e. The standard InChI is InChI=1S/C20H17N3O3S/c24-14-8-4-7-13(9-14)15-10-16(25)21-18-17(15)19(26)23-20(22-18)27-11-12-5-2-1-3-6-12/h1-9,15,24H,10-11H2,(H2,21,22,23,25,26). The molecule has 136 valence electrons. The Morgan fingerprint density at radius 3 is 2.70 bits per heavy atom. The zero-order valence-corrected chi connectivity index (χ0v) is 15.1. The number of benzene rings is 2. The second-order valence-corrected chi connectivity index (χ2v) is 7.27. The highest BCUT2D eigenvalue weighted by atomic mass is 32.2. The van der Waals surface area contributed by atoms with E-state index in [2.05, 4.69) is 15.3 Å². The Morgan fingerprint density at radius 1 is 1.11 bits per heavy atom. The summed E-state index contributed by atoms with van der Waals surface area (Å²) in [5.41, 5.74) is 1.97. The van der Waals surface area contributed by atoms with Crippen LogP contribution < -0.4 is 10.9 Å². The molecule has 3 N–H and O–H groups in total. The van der Waals surface area contributed by atoms with E-state index in [9.17, 15) is 14.7 Å². The van der Waals surface area contributed by atoms with Crippen LogP contribution in [0.3, 0.4) is 0 Å². The molecule has 1 unspecified atom stereocenters. The highest BCUT2D eigenvalue weighted by Gasteiger charge is 2.31. The fraction of sp³-hybridized carbons (Fsp3) is 0.150. The number of phenolic OH excluding ortho intramolecular Hbond substituents is 1. The van der Waals surface area contributed by atoms with Crippen molar-refractivity contribution in [2.24, 2.45) is 0 Å².